The Balaban J connectivity index is 1.75. The molecule has 1 fully saturated rings. The smallest absolute Gasteiger partial charge is 0.110 e. The van der Waals surface area contributed by atoms with Crippen LogP contribution < -0.4 is 0 Å². The molecule has 96 valence electrons. The highest BCUT2D eigenvalue weighted by molar-refractivity contribution is 7.09. The molecule has 1 aliphatic heterocycles. The van der Waals surface area contributed by atoms with E-state index in [1.807, 2.05) is 17.9 Å². The van der Waals surface area contributed by atoms with E-state index in [1.54, 1.807) is 11.3 Å². The Morgan fingerprint density at radius 3 is 3.06 bits per heavy atom. The summed E-state index contributed by atoms with van der Waals surface area (Å²) in [5.41, 5.74) is 2.43. The summed E-state index contributed by atoms with van der Waals surface area (Å²) in [4.78, 5) is 7.17. The van der Waals surface area contributed by atoms with E-state index in [9.17, 15) is 0 Å². The Morgan fingerprint density at radius 1 is 1.50 bits per heavy atom. The van der Waals surface area contributed by atoms with Gasteiger partial charge in [-0.3, -0.25) is 9.58 Å². The van der Waals surface area contributed by atoms with Gasteiger partial charge in [0, 0.05) is 36.4 Å². The van der Waals surface area contributed by atoms with Gasteiger partial charge in [-0.25, -0.2) is 4.98 Å². The van der Waals surface area contributed by atoms with Gasteiger partial charge in [-0.1, -0.05) is 0 Å². The Labute approximate surface area is 111 Å². The molecular formula is C13H18N4S. The molecular weight excluding hydrogens is 244 g/mol. The molecule has 0 N–H and O–H groups in total. The maximum atomic E-state index is 4.65. The van der Waals surface area contributed by atoms with E-state index in [4.69, 9.17) is 0 Å². The van der Waals surface area contributed by atoms with Gasteiger partial charge in [0.25, 0.3) is 0 Å². The van der Waals surface area contributed by atoms with Crippen molar-refractivity contribution in [3.8, 4) is 0 Å². The number of rotatable bonds is 3. The zero-order valence-corrected chi connectivity index (χ0v) is 11.7. The highest BCUT2D eigenvalue weighted by Crippen LogP contribution is 2.34. The third kappa shape index (κ3) is 2.33. The highest BCUT2D eigenvalue weighted by atomic mass is 32.1. The van der Waals surface area contributed by atoms with Crippen molar-refractivity contribution in [1.82, 2.24) is 19.7 Å². The first-order valence-corrected chi connectivity index (χ1v) is 7.24. The van der Waals surface area contributed by atoms with Crippen LogP contribution in [0.1, 0.15) is 35.1 Å². The molecule has 5 heteroatoms. The van der Waals surface area contributed by atoms with Crippen molar-refractivity contribution in [1.29, 1.82) is 0 Å². The maximum absolute atomic E-state index is 4.65. The van der Waals surface area contributed by atoms with Crippen LogP contribution in [0.2, 0.25) is 0 Å². The van der Waals surface area contributed by atoms with Crippen molar-refractivity contribution in [3.05, 3.63) is 34.0 Å². The van der Waals surface area contributed by atoms with Crippen LogP contribution in [0.3, 0.4) is 0 Å². The molecule has 4 nitrogen and oxygen atoms in total. The topological polar surface area (TPSA) is 34.0 Å². The second-order valence-electron chi connectivity index (χ2n) is 4.98. The molecule has 0 bridgehead atoms. The SMILES string of the molecule is Cc1csc(C2CCCN2Cc2cnn(C)c2)n1. The average molecular weight is 262 g/mol. The molecule has 1 aliphatic rings. The van der Waals surface area contributed by atoms with Crippen LogP contribution in [-0.2, 0) is 13.6 Å². The molecule has 2 aromatic heterocycles. The van der Waals surface area contributed by atoms with Crippen molar-refractivity contribution in [3.63, 3.8) is 0 Å². The second kappa shape index (κ2) is 4.82. The summed E-state index contributed by atoms with van der Waals surface area (Å²) in [6.07, 6.45) is 6.56. The largest absolute Gasteiger partial charge is 0.290 e. The molecule has 1 saturated heterocycles. The van der Waals surface area contributed by atoms with Crippen LogP contribution in [-0.4, -0.2) is 26.2 Å². The van der Waals surface area contributed by atoms with Gasteiger partial charge in [-0.15, -0.1) is 11.3 Å². The van der Waals surface area contributed by atoms with Gasteiger partial charge in [-0.2, -0.15) is 5.10 Å². The van der Waals surface area contributed by atoms with E-state index >= 15 is 0 Å². The molecule has 1 unspecified atom stereocenters. The standard InChI is InChI=1S/C13H18N4S/c1-10-9-18-13(15-10)12-4-3-5-17(12)8-11-6-14-16(2)7-11/h6-7,9,12H,3-5,8H2,1-2H3. The summed E-state index contributed by atoms with van der Waals surface area (Å²) in [7, 11) is 1.97. The van der Waals surface area contributed by atoms with Crippen LogP contribution in [0.25, 0.3) is 0 Å². The van der Waals surface area contributed by atoms with Crippen LogP contribution in [0, 0.1) is 6.92 Å². The van der Waals surface area contributed by atoms with E-state index in [1.165, 1.54) is 23.4 Å². The lowest BCUT2D eigenvalue weighted by Crippen LogP contribution is -2.22. The maximum Gasteiger partial charge on any atom is 0.110 e. The van der Waals surface area contributed by atoms with Crippen molar-refractivity contribution in [2.75, 3.05) is 6.54 Å². The summed E-state index contributed by atoms with van der Waals surface area (Å²) in [5.74, 6) is 0. The minimum atomic E-state index is 0.504. The van der Waals surface area contributed by atoms with Gasteiger partial charge in [0.2, 0.25) is 0 Å². The number of nitrogens with zero attached hydrogens (tertiary/aromatic N) is 4. The van der Waals surface area contributed by atoms with Gasteiger partial charge in [0.1, 0.15) is 5.01 Å². The van der Waals surface area contributed by atoms with Crippen molar-refractivity contribution < 1.29 is 0 Å². The second-order valence-corrected chi connectivity index (χ2v) is 5.87. The molecule has 2 aromatic rings. The number of thiazole rings is 1. The fourth-order valence-corrected chi connectivity index (χ4v) is 3.57. The Bertz CT molecular complexity index is 531. The lowest BCUT2D eigenvalue weighted by atomic mass is 10.2. The van der Waals surface area contributed by atoms with Gasteiger partial charge in [0.05, 0.1) is 12.2 Å². The first-order chi connectivity index (χ1) is 8.72. The number of aromatic nitrogens is 3. The molecule has 3 rings (SSSR count). The van der Waals surface area contributed by atoms with Gasteiger partial charge in [0.15, 0.2) is 0 Å². The first kappa shape index (κ1) is 11.9. The summed E-state index contributed by atoms with van der Waals surface area (Å²) < 4.78 is 1.87. The summed E-state index contributed by atoms with van der Waals surface area (Å²) in [6, 6.07) is 0.504. The number of aryl methyl sites for hydroxylation is 2. The van der Waals surface area contributed by atoms with E-state index in [-0.39, 0.29) is 0 Å². The Hall–Kier alpha value is -1.20. The van der Waals surface area contributed by atoms with Crippen molar-refractivity contribution in [2.45, 2.75) is 32.4 Å². The zero-order chi connectivity index (χ0) is 12.5. The molecule has 0 radical (unpaired) electrons. The van der Waals surface area contributed by atoms with E-state index in [0.717, 1.165) is 18.8 Å². The summed E-state index contributed by atoms with van der Waals surface area (Å²) >= 11 is 1.79. The molecule has 0 spiro atoms. The molecule has 1 atom stereocenters. The molecule has 0 aromatic carbocycles. The van der Waals surface area contributed by atoms with E-state index in [2.05, 4.69) is 33.5 Å². The van der Waals surface area contributed by atoms with Gasteiger partial charge < -0.3 is 0 Å². The zero-order valence-electron chi connectivity index (χ0n) is 10.8. The summed E-state index contributed by atoms with van der Waals surface area (Å²) in [6.45, 7) is 4.22. The van der Waals surface area contributed by atoms with Crippen LogP contribution in [0.15, 0.2) is 17.8 Å². The predicted molar refractivity (Wildman–Crippen MR) is 72.4 cm³/mol. The molecule has 3 heterocycles. The molecule has 0 saturated carbocycles. The van der Waals surface area contributed by atoms with Crippen LogP contribution >= 0.6 is 11.3 Å². The summed E-state index contributed by atoms with van der Waals surface area (Å²) in [5, 5.41) is 7.66. The minimum Gasteiger partial charge on any atom is -0.290 e. The molecule has 0 aliphatic carbocycles. The van der Waals surface area contributed by atoms with Crippen LogP contribution in [0.5, 0.6) is 0 Å². The lowest BCUT2D eigenvalue weighted by molar-refractivity contribution is 0.248. The Kier molecular flexibility index (Phi) is 3.18. The van der Waals surface area contributed by atoms with Crippen molar-refractivity contribution in [2.24, 2.45) is 7.05 Å². The average Bonchev–Trinajstić information content (AvgIpc) is 3.01. The number of hydrogen-bond acceptors (Lipinski definition) is 4. The fraction of sp³-hybridized carbons (Fsp3) is 0.538. The van der Waals surface area contributed by atoms with E-state index < -0.39 is 0 Å². The molecule has 18 heavy (non-hydrogen) atoms. The van der Waals surface area contributed by atoms with Crippen molar-refractivity contribution >= 4 is 11.3 Å². The first-order valence-electron chi connectivity index (χ1n) is 6.36. The van der Waals surface area contributed by atoms with Gasteiger partial charge in [-0.05, 0) is 26.3 Å². The molecule has 0 amide bonds. The highest BCUT2D eigenvalue weighted by Gasteiger charge is 2.28. The Morgan fingerprint density at radius 2 is 2.39 bits per heavy atom. The third-order valence-electron chi connectivity index (χ3n) is 3.43. The normalized spacial score (nSPS) is 20.7. The third-order valence-corrected chi connectivity index (χ3v) is 4.49. The van der Waals surface area contributed by atoms with Gasteiger partial charge >= 0.3 is 0 Å². The van der Waals surface area contributed by atoms with Crippen LogP contribution in [0.4, 0.5) is 0 Å². The quantitative estimate of drug-likeness (QED) is 0.852. The minimum absolute atomic E-state index is 0.504. The lowest BCUT2D eigenvalue weighted by Gasteiger charge is -2.21. The van der Waals surface area contributed by atoms with E-state index in [0.29, 0.717) is 6.04 Å². The predicted octanol–water partition coefficient (Wildman–Crippen LogP) is 2.52. The fourth-order valence-electron chi connectivity index (χ4n) is 2.61. The number of hydrogen-bond donors (Lipinski definition) is 0. The monoisotopic (exact) mass is 262 g/mol. The number of likely N-dealkylation sites (tertiary alicyclic amines) is 1.